The van der Waals surface area contributed by atoms with Gasteiger partial charge >= 0.3 is 0 Å². The highest BCUT2D eigenvalue weighted by Crippen LogP contribution is 2.26. The molecule has 3 aromatic carbocycles. The van der Waals surface area contributed by atoms with E-state index >= 15 is 0 Å². The van der Waals surface area contributed by atoms with Gasteiger partial charge in [0.15, 0.2) is 5.69 Å². The number of nitrogens with two attached hydrogens (primary N) is 1. The molecule has 0 fully saturated rings. The first-order valence-corrected chi connectivity index (χ1v) is 10.1. The SMILES string of the molecule is Nc1c(N2CCc3ccc(CNC(=O)c4nc5ccccc5nc4O)cc3C2)c(=O)c1=O. The van der Waals surface area contributed by atoms with Crippen LogP contribution in [0.4, 0.5) is 11.4 Å². The number of anilines is 2. The zero-order chi connectivity index (χ0) is 22.4. The van der Waals surface area contributed by atoms with E-state index in [1.807, 2.05) is 23.1 Å². The number of nitrogens with zero attached hydrogens (tertiary/aromatic N) is 3. The summed E-state index contributed by atoms with van der Waals surface area (Å²) in [6, 6.07) is 12.8. The van der Waals surface area contributed by atoms with Crippen molar-refractivity contribution in [3.63, 3.8) is 0 Å². The van der Waals surface area contributed by atoms with Crippen LogP contribution in [0, 0.1) is 0 Å². The average molecular weight is 429 g/mol. The molecule has 2 heterocycles. The molecule has 1 amide bonds. The number of carbonyl (C=O) groups excluding carboxylic acids is 1. The van der Waals surface area contributed by atoms with Gasteiger partial charge in [-0.15, -0.1) is 0 Å². The summed E-state index contributed by atoms with van der Waals surface area (Å²) in [6.45, 7) is 1.30. The molecule has 0 spiro atoms. The fourth-order valence-corrected chi connectivity index (χ4v) is 4.03. The molecule has 160 valence electrons. The van der Waals surface area contributed by atoms with Crippen molar-refractivity contribution in [1.82, 2.24) is 15.3 Å². The number of nitrogens with one attached hydrogen (secondary N) is 1. The molecule has 0 aliphatic carbocycles. The molecule has 1 aliphatic rings. The van der Waals surface area contributed by atoms with Gasteiger partial charge in [-0.25, -0.2) is 9.97 Å². The molecule has 0 atom stereocenters. The van der Waals surface area contributed by atoms with E-state index in [0.29, 0.717) is 29.8 Å². The Labute approximate surface area is 181 Å². The lowest BCUT2D eigenvalue weighted by Gasteiger charge is -2.32. The third-order valence-electron chi connectivity index (χ3n) is 5.74. The molecule has 5 rings (SSSR count). The fraction of sp³-hybridized carbons (Fsp3) is 0.174. The molecule has 4 aromatic rings. The molecule has 0 saturated carbocycles. The van der Waals surface area contributed by atoms with Crippen LogP contribution in [0.3, 0.4) is 0 Å². The minimum atomic E-state index is -0.623. The average Bonchev–Trinajstić information content (AvgIpc) is 2.81. The van der Waals surface area contributed by atoms with Gasteiger partial charge in [0.1, 0.15) is 11.4 Å². The summed E-state index contributed by atoms with van der Waals surface area (Å²) in [6.07, 6.45) is 0.723. The molecule has 0 saturated heterocycles. The normalized spacial score (nSPS) is 13.3. The third-order valence-corrected chi connectivity index (χ3v) is 5.74. The number of fused-ring (bicyclic) bond motifs is 2. The van der Waals surface area contributed by atoms with Gasteiger partial charge in [-0.3, -0.25) is 14.4 Å². The van der Waals surface area contributed by atoms with Crippen LogP contribution in [0.5, 0.6) is 5.88 Å². The largest absolute Gasteiger partial charge is 0.492 e. The number of hydrogen-bond acceptors (Lipinski definition) is 8. The van der Waals surface area contributed by atoms with Gasteiger partial charge in [0, 0.05) is 19.6 Å². The van der Waals surface area contributed by atoms with Gasteiger partial charge in [-0.05, 0) is 35.2 Å². The molecule has 9 heteroatoms. The topological polar surface area (TPSA) is 139 Å². The molecule has 4 N–H and O–H groups in total. The van der Waals surface area contributed by atoms with Crippen molar-refractivity contribution in [1.29, 1.82) is 0 Å². The predicted molar refractivity (Wildman–Crippen MR) is 119 cm³/mol. The minimum absolute atomic E-state index is 0.0261. The molecular formula is C23H19N5O4. The monoisotopic (exact) mass is 429 g/mol. The number of aromatic hydroxyl groups is 1. The van der Waals surface area contributed by atoms with E-state index in [1.54, 1.807) is 24.3 Å². The summed E-state index contributed by atoms with van der Waals surface area (Å²) >= 11 is 0. The van der Waals surface area contributed by atoms with Crippen LogP contribution < -0.4 is 26.8 Å². The number of rotatable bonds is 4. The van der Waals surface area contributed by atoms with Gasteiger partial charge in [0.2, 0.25) is 5.88 Å². The van der Waals surface area contributed by atoms with Gasteiger partial charge < -0.3 is 21.1 Å². The van der Waals surface area contributed by atoms with Crippen molar-refractivity contribution in [3.8, 4) is 5.88 Å². The number of hydrogen-bond donors (Lipinski definition) is 3. The lowest BCUT2D eigenvalue weighted by atomic mass is 9.96. The Bertz CT molecular complexity index is 1460. The number of nitrogen functional groups attached to an aromatic ring is 1. The lowest BCUT2D eigenvalue weighted by Crippen LogP contribution is -2.44. The Morgan fingerprint density at radius 2 is 1.81 bits per heavy atom. The highest BCUT2D eigenvalue weighted by atomic mass is 16.3. The maximum atomic E-state index is 12.6. The summed E-state index contributed by atoms with van der Waals surface area (Å²) in [4.78, 5) is 46.0. The Hall–Kier alpha value is -4.27. The van der Waals surface area contributed by atoms with Crippen LogP contribution in [0.1, 0.15) is 27.2 Å². The second-order valence-electron chi connectivity index (χ2n) is 7.76. The van der Waals surface area contributed by atoms with E-state index in [-0.39, 0.29) is 17.9 Å². The van der Waals surface area contributed by atoms with E-state index in [2.05, 4.69) is 15.3 Å². The van der Waals surface area contributed by atoms with Crippen molar-refractivity contribution in [2.24, 2.45) is 0 Å². The first-order chi connectivity index (χ1) is 15.4. The Morgan fingerprint density at radius 1 is 1.06 bits per heavy atom. The standard InChI is InChI=1S/C23H19N5O4/c24-17-19(21(30)20(17)29)28-8-7-13-6-5-12(9-14(13)11-28)10-25-22(31)18-23(32)27-16-4-2-1-3-15(16)26-18/h1-6,9H,7-8,10-11,24H2,(H,25,31)(H,27,32). The highest BCUT2D eigenvalue weighted by molar-refractivity contribution is 5.96. The van der Waals surface area contributed by atoms with Gasteiger partial charge in [0.25, 0.3) is 16.8 Å². The summed E-state index contributed by atoms with van der Waals surface area (Å²) in [5.41, 5.74) is 8.76. The zero-order valence-corrected chi connectivity index (χ0v) is 17.0. The maximum Gasteiger partial charge on any atom is 0.275 e. The minimum Gasteiger partial charge on any atom is -0.492 e. The summed E-state index contributed by atoms with van der Waals surface area (Å²) in [5, 5.41) is 12.9. The number of benzene rings is 2. The summed E-state index contributed by atoms with van der Waals surface area (Å²) in [7, 11) is 0. The van der Waals surface area contributed by atoms with Crippen molar-refractivity contribution in [2.45, 2.75) is 19.5 Å². The second-order valence-corrected chi connectivity index (χ2v) is 7.76. The molecule has 9 nitrogen and oxygen atoms in total. The van der Waals surface area contributed by atoms with Gasteiger partial charge in [-0.2, -0.15) is 0 Å². The summed E-state index contributed by atoms with van der Waals surface area (Å²) in [5.74, 6) is -0.954. The number of aromatic nitrogens is 2. The molecule has 32 heavy (non-hydrogen) atoms. The Kier molecular flexibility index (Phi) is 4.58. The van der Waals surface area contributed by atoms with Crippen LogP contribution in [0.15, 0.2) is 52.1 Å². The predicted octanol–water partition coefficient (Wildman–Crippen LogP) is 1.01. The Balaban J connectivity index is 1.32. The van der Waals surface area contributed by atoms with E-state index in [0.717, 1.165) is 23.1 Å². The van der Waals surface area contributed by atoms with Crippen LogP contribution >= 0.6 is 0 Å². The number of carbonyl (C=O) groups is 1. The van der Waals surface area contributed by atoms with Crippen molar-refractivity contribution < 1.29 is 9.90 Å². The van der Waals surface area contributed by atoms with Crippen LogP contribution in [0.25, 0.3) is 11.0 Å². The van der Waals surface area contributed by atoms with Crippen molar-refractivity contribution in [2.75, 3.05) is 17.2 Å². The number of para-hydroxylation sites is 2. The van der Waals surface area contributed by atoms with Crippen LogP contribution in [0.2, 0.25) is 0 Å². The molecule has 0 bridgehead atoms. The molecule has 0 unspecified atom stereocenters. The maximum absolute atomic E-state index is 12.6. The van der Waals surface area contributed by atoms with Crippen LogP contribution in [-0.4, -0.2) is 27.5 Å². The summed E-state index contributed by atoms with van der Waals surface area (Å²) < 4.78 is 0. The van der Waals surface area contributed by atoms with Gasteiger partial charge in [0.05, 0.1) is 11.0 Å². The molecule has 0 radical (unpaired) electrons. The first-order valence-electron chi connectivity index (χ1n) is 10.1. The third kappa shape index (κ3) is 3.24. The highest BCUT2D eigenvalue weighted by Gasteiger charge is 2.27. The fourth-order valence-electron chi connectivity index (χ4n) is 4.03. The number of amides is 1. The lowest BCUT2D eigenvalue weighted by molar-refractivity contribution is 0.0942. The van der Waals surface area contributed by atoms with E-state index < -0.39 is 22.6 Å². The molecule has 1 aliphatic heterocycles. The smallest absolute Gasteiger partial charge is 0.275 e. The van der Waals surface area contributed by atoms with E-state index in [4.69, 9.17) is 5.73 Å². The molecule has 1 aromatic heterocycles. The van der Waals surface area contributed by atoms with Crippen molar-refractivity contribution >= 4 is 28.3 Å². The Morgan fingerprint density at radius 3 is 2.56 bits per heavy atom. The van der Waals surface area contributed by atoms with E-state index in [1.165, 1.54) is 0 Å². The first kappa shape index (κ1) is 19.7. The zero-order valence-electron chi connectivity index (χ0n) is 17.0. The molecular weight excluding hydrogens is 410 g/mol. The second kappa shape index (κ2) is 7.45. The van der Waals surface area contributed by atoms with Crippen molar-refractivity contribution in [3.05, 3.63) is 85.3 Å². The quantitative estimate of drug-likeness (QED) is 0.409. The van der Waals surface area contributed by atoms with Crippen LogP contribution in [-0.2, 0) is 19.5 Å². The van der Waals surface area contributed by atoms with Gasteiger partial charge in [-0.1, -0.05) is 30.3 Å². The van der Waals surface area contributed by atoms with E-state index in [9.17, 15) is 19.5 Å².